The van der Waals surface area contributed by atoms with Crippen molar-refractivity contribution >= 4 is 27.7 Å². The first kappa shape index (κ1) is 21.0. The summed E-state index contributed by atoms with van der Waals surface area (Å²) in [7, 11) is 0. The van der Waals surface area contributed by atoms with E-state index in [9.17, 15) is 14.7 Å². The summed E-state index contributed by atoms with van der Waals surface area (Å²) in [4.78, 5) is 26.1. The number of aliphatic hydroxyl groups is 1. The Kier molecular flexibility index (Phi) is 4.94. The van der Waals surface area contributed by atoms with E-state index in [4.69, 9.17) is 4.74 Å². The van der Waals surface area contributed by atoms with Gasteiger partial charge in [0.25, 0.3) is 0 Å². The van der Waals surface area contributed by atoms with Gasteiger partial charge in [-0.1, -0.05) is 15.9 Å². The second kappa shape index (κ2) is 7.31. The lowest BCUT2D eigenvalue weighted by Crippen LogP contribution is -2.58. The lowest BCUT2D eigenvalue weighted by molar-refractivity contribution is -0.195. The van der Waals surface area contributed by atoms with Crippen LogP contribution < -0.4 is 0 Å². The predicted molar refractivity (Wildman–Crippen MR) is 120 cm³/mol. The maximum Gasteiger partial charge on any atom is 0.312 e. The van der Waals surface area contributed by atoms with Gasteiger partial charge in [-0.25, -0.2) is 0 Å². The number of hydrogen-bond acceptors (Lipinski definition) is 4. The van der Waals surface area contributed by atoms with Crippen LogP contribution in [0.2, 0.25) is 0 Å². The quantitative estimate of drug-likeness (QED) is 0.482. The Balaban J connectivity index is 1.31. The molecule has 5 nitrogen and oxygen atoms in total. The molecule has 0 saturated heterocycles. The molecule has 6 heteroatoms. The molecule has 2 aromatic rings. The SMILES string of the molecule is Cc1cc(C(=O)COC(=O)C23CC4CC(CC(O)(C4)C2)C3)c(C)n1-c1ccc(Br)cc1. The second-order valence-electron chi connectivity index (χ2n) is 10.1. The van der Waals surface area contributed by atoms with Crippen LogP contribution >= 0.6 is 15.9 Å². The molecule has 4 fully saturated rings. The summed E-state index contributed by atoms with van der Waals surface area (Å²) in [5.74, 6) is 0.321. The Morgan fingerprint density at radius 3 is 2.39 bits per heavy atom. The number of Topliss-reactive ketones (excluding diaryl/α,β-unsaturated/α-hetero) is 1. The van der Waals surface area contributed by atoms with Crippen LogP contribution in [0.15, 0.2) is 34.8 Å². The normalized spacial score (nSPS) is 31.1. The van der Waals surface area contributed by atoms with Crippen molar-refractivity contribution in [1.82, 2.24) is 4.57 Å². The van der Waals surface area contributed by atoms with E-state index in [1.165, 1.54) is 0 Å². The van der Waals surface area contributed by atoms with E-state index in [0.717, 1.165) is 53.7 Å². The van der Waals surface area contributed by atoms with Crippen molar-refractivity contribution in [3.63, 3.8) is 0 Å². The fourth-order valence-corrected chi connectivity index (χ4v) is 7.11. The fraction of sp³-hybridized carbons (Fsp3) is 0.520. The number of ketones is 1. The molecular formula is C25H28BrNO4. The van der Waals surface area contributed by atoms with Crippen LogP contribution in [-0.4, -0.2) is 33.6 Å². The van der Waals surface area contributed by atoms with Gasteiger partial charge in [-0.3, -0.25) is 9.59 Å². The van der Waals surface area contributed by atoms with E-state index >= 15 is 0 Å². The molecule has 4 aliphatic rings. The molecular weight excluding hydrogens is 458 g/mol. The maximum absolute atomic E-state index is 13.1. The van der Waals surface area contributed by atoms with Crippen LogP contribution in [0.1, 0.15) is 60.3 Å². The first-order valence-electron chi connectivity index (χ1n) is 11.1. The zero-order valence-corrected chi connectivity index (χ0v) is 19.6. The molecule has 4 bridgehead atoms. The molecule has 6 rings (SSSR count). The van der Waals surface area contributed by atoms with Gasteiger partial charge in [0.2, 0.25) is 5.78 Å². The standard InChI is InChI=1S/C25H28BrNO4/c1-15-7-21(16(2)27(15)20-5-3-19(26)4-6-20)22(28)13-31-23(29)24-9-17-8-18(10-24)12-25(30,11-17)14-24/h3-7,17-18,30H,8-14H2,1-2H3. The minimum Gasteiger partial charge on any atom is -0.457 e. The average molecular weight is 486 g/mol. The topological polar surface area (TPSA) is 68.5 Å². The van der Waals surface area contributed by atoms with Crippen molar-refractivity contribution in [2.45, 2.75) is 58.0 Å². The van der Waals surface area contributed by atoms with Crippen LogP contribution in [0.5, 0.6) is 0 Å². The third-order valence-corrected chi connectivity index (χ3v) is 8.14. The Morgan fingerprint density at radius 2 is 1.77 bits per heavy atom. The van der Waals surface area contributed by atoms with Gasteiger partial charge < -0.3 is 14.4 Å². The highest BCUT2D eigenvalue weighted by molar-refractivity contribution is 9.10. The molecule has 2 unspecified atom stereocenters. The van der Waals surface area contributed by atoms with Crippen LogP contribution in [0.3, 0.4) is 0 Å². The highest BCUT2D eigenvalue weighted by atomic mass is 79.9. The summed E-state index contributed by atoms with van der Waals surface area (Å²) in [5, 5.41) is 10.9. The summed E-state index contributed by atoms with van der Waals surface area (Å²) >= 11 is 3.45. The summed E-state index contributed by atoms with van der Waals surface area (Å²) in [6, 6.07) is 9.79. The summed E-state index contributed by atoms with van der Waals surface area (Å²) in [5.41, 5.74) is 2.03. The number of nitrogens with zero attached hydrogens (tertiary/aromatic N) is 1. The highest BCUT2D eigenvalue weighted by Gasteiger charge is 2.60. The molecule has 1 heterocycles. The number of aryl methyl sites for hydroxylation is 1. The minimum atomic E-state index is -0.720. The number of ether oxygens (including phenoxy) is 1. The molecule has 0 spiro atoms. The monoisotopic (exact) mass is 485 g/mol. The van der Waals surface area contributed by atoms with Gasteiger partial charge in [-0.15, -0.1) is 0 Å². The number of esters is 1. The summed E-state index contributed by atoms with van der Waals surface area (Å²) < 4.78 is 8.63. The van der Waals surface area contributed by atoms with Gasteiger partial charge in [0.1, 0.15) is 0 Å². The lowest BCUT2D eigenvalue weighted by Gasteiger charge is -2.58. The maximum atomic E-state index is 13.1. The molecule has 2 atom stereocenters. The fourth-order valence-electron chi connectivity index (χ4n) is 6.85. The van der Waals surface area contributed by atoms with Crippen molar-refractivity contribution < 1.29 is 19.4 Å². The summed E-state index contributed by atoms with van der Waals surface area (Å²) in [6.45, 7) is 3.63. The minimum absolute atomic E-state index is 0.187. The lowest BCUT2D eigenvalue weighted by atomic mass is 9.48. The summed E-state index contributed by atoms with van der Waals surface area (Å²) in [6.07, 6.45) is 4.78. The van der Waals surface area contributed by atoms with Gasteiger partial charge in [-0.2, -0.15) is 0 Å². The molecule has 164 valence electrons. The van der Waals surface area contributed by atoms with Gasteiger partial charge >= 0.3 is 5.97 Å². The number of rotatable bonds is 5. The zero-order valence-electron chi connectivity index (χ0n) is 18.0. The van der Waals surface area contributed by atoms with Gasteiger partial charge in [0.15, 0.2) is 6.61 Å². The van der Waals surface area contributed by atoms with Gasteiger partial charge in [0.05, 0.1) is 11.0 Å². The first-order chi connectivity index (χ1) is 14.7. The number of aromatic nitrogens is 1. The van der Waals surface area contributed by atoms with Crippen LogP contribution in [0.25, 0.3) is 5.69 Å². The number of benzene rings is 1. The van der Waals surface area contributed by atoms with Gasteiger partial charge in [0, 0.05) is 27.1 Å². The molecule has 1 aromatic heterocycles. The van der Waals surface area contributed by atoms with Crippen molar-refractivity contribution in [2.24, 2.45) is 17.3 Å². The van der Waals surface area contributed by atoms with E-state index in [1.807, 2.05) is 48.7 Å². The van der Waals surface area contributed by atoms with E-state index in [-0.39, 0.29) is 18.4 Å². The molecule has 31 heavy (non-hydrogen) atoms. The second-order valence-corrected chi connectivity index (χ2v) is 11.0. The van der Waals surface area contributed by atoms with Crippen LogP contribution in [-0.2, 0) is 9.53 Å². The molecule has 4 saturated carbocycles. The predicted octanol–water partition coefficient (Wildman–Crippen LogP) is 4.91. The average Bonchev–Trinajstić information content (AvgIpc) is 2.99. The molecule has 0 radical (unpaired) electrons. The van der Waals surface area contributed by atoms with Crippen molar-refractivity contribution in [3.05, 3.63) is 51.8 Å². The smallest absolute Gasteiger partial charge is 0.312 e. The highest BCUT2D eigenvalue weighted by Crippen LogP contribution is 2.62. The first-order valence-corrected chi connectivity index (χ1v) is 11.9. The molecule has 1 N–H and O–H groups in total. The molecule has 0 aliphatic heterocycles. The van der Waals surface area contributed by atoms with Gasteiger partial charge in [-0.05, 0) is 94.5 Å². The molecule has 4 aliphatic carbocycles. The third kappa shape index (κ3) is 3.58. The van der Waals surface area contributed by atoms with Crippen molar-refractivity contribution in [1.29, 1.82) is 0 Å². The number of halogens is 1. The Bertz CT molecular complexity index is 1040. The van der Waals surface area contributed by atoms with Crippen LogP contribution in [0, 0.1) is 31.1 Å². The van der Waals surface area contributed by atoms with Crippen molar-refractivity contribution in [2.75, 3.05) is 6.61 Å². The van der Waals surface area contributed by atoms with E-state index < -0.39 is 11.0 Å². The number of carbonyl (C=O) groups is 2. The number of hydrogen-bond donors (Lipinski definition) is 1. The Labute approximate surface area is 190 Å². The Hall–Kier alpha value is -1.92. The van der Waals surface area contributed by atoms with E-state index in [1.54, 1.807) is 0 Å². The van der Waals surface area contributed by atoms with E-state index in [0.29, 0.717) is 23.8 Å². The van der Waals surface area contributed by atoms with E-state index in [2.05, 4.69) is 15.9 Å². The molecule has 1 aromatic carbocycles. The zero-order chi connectivity index (χ0) is 22.0. The number of carbonyl (C=O) groups excluding carboxylic acids is 2. The molecule has 0 amide bonds. The van der Waals surface area contributed by atoms with Crippen LogP contribution in [0.4, 0.5) is 0 Å². The Morgan fingerprint density at radius 1 is 1.13 bits per heavy atom. The third-order valence-electron chi connectivity index (χ3n) is 7.61. The van der Waals surface area contributed by atoms with Crippen molar-refractivity contribution in [3.8, 4) is 5.69 Å². The largest absolute Gasteiger partial charge is 0.457 e.